The Morgan fingerprint density at radius 1 is 1.03 bits per heavy atom. The van der Waals surface area contributed by atoms with Gasteiger partial charge in [-0.2, -0.15) is 4.31 Å². The third-order valence-corrected chi connectivity index (χ3v) is 6.78. The van der Waals surface area contributed by atoms with Crippen molar-refractivity contribution in [1.82, 2.24) is 13.9 Å². The summed E-state index contributed by atoms with van der Waals surface area (Å²) in [6.45, 7) is 6.92. The minimum Gasteiger partial charge on any atom is -0.494 e. The lowest BCUT2D eigenvalue weighted by Gasteiger charge is -2.18. The van der Waals surface area contributed by atoms with Crippen LogP contribution in [-0.2, 0) is 10.0 Å². The van der Waals surface area contributed by atoms with Gasteiger partial charge < -0.3 is 14.6 Å². The first-order valence-electron chi connectivity index (χ1n) is 10.1. The van der Waals surface area contributed by atoms with E-state index in [9.17, 15) is 13.2 Å². The molecular weight excluding hydrogens is 416 g/mol. The zero-order chi connectivity index (χ0) is 22.4. The third-order valence-electron chi connectivity index (χ3n) is 4.72. The number of ether oxygens (including phenoxy) is 1. The van der Waals surface area contributed by atoms with E-state index in [4.69, 9.17) is 4.74 Å². The quantitative estimate of drug-likeness (QED) is 0.547. The minimum absolute atomic E-state index is 0.230. The van der Waals surface area contributed by atoms with Crippen LogP contribution in [0.4, 0.5) is 5.69 Å². The molecule has 9 heteroatoms. The molecule has 3 aromatic rings. The van der Waals surface area contributed by atoms with Crippen LogP contribution in [0.2, 0.25) is 0 Å². The summed E-state index contributed by atoms with van der Waals surface area (Å²) in [5, 5.41) is 2.79. The predicted octanol–water partition coefficient (Wildman–Crippen LogP) is 3.55. The number of benzene rings is 2. The molecule has 2 aromatic carbocycles. The third kappa shape index (κ3) is 5.12. The lowest BCUT2D eigenvalue weighted by molar-refractivity contribution is 0.102. The van der Waals surface area contributed by atoms with E-state index in [0.717, 1.165) is 5.75 Å². The van der Waals surface area contributed by atoms with Crippen molar-refractivity contribution in [2.45, 2.75) is 25.7 Å². The average Bonchev–Trinajstić information content (AvgIpc) is 3.27. The van der Waals surface area contributed by atoms with Crippen molar-refractivity contribution >= 4 is 21.6 Å². The molecule has 1 heterocycles. The normalized spacial score (nSPS) is 11.5. The molecule has 0 spiro atoms. The fraction of sp³-hybridized carbons (Fsp3) is 0.273. The van der Waals surface area contributed by atoms with E-state index in [1.54, 1.807) is 73.1 Å². The van der Waals surface area contributed by atoms with Gasteiger partial charge in [0, 0.05) is 30.7 Å². The standard InChI is InChI=1S/C22H26N4O4S/c1-4-26(5-2)31(28,29)20-13-9-18(10-14-20)25-15-21(23-16-25)22(27)24-17-7-11-19(12-8-17)30-6-3/h7-16H,4-6H2,1-3H3,(H,24,27). The molecule has 0 saturated heterocycles. The number of hydrogen-bond acceptors (Lipinski definition) is 5. The number of sulfonamides is 1. The summed E-state index contributed by atoms with van der Waals surface area (Å²) in [7, 11) is -3.51. The van der Waals surface area contributed by atoms with Crippen LogP contribution >= 0.6 is 0 Å². The molecule has 31 heavy (non-hydrogen) atoms. The molecule has 1 aromatic heterocycles. The summed E-state index contributed by atoms with van der Waals surface area (Å²) in [5.74, 6) is 0.389. The summed E-state index contributed by atoms with van der Waals surface area (Å²) in [4.78, 5) is 16.9. The Kier molecular flexibility index (Phi) is 7.09. The molecule has 0 aliphatic rings. The van der Waals surface area contributed by atoms with Crippen LogP contribution < -0.4 is 10.1 Å². The van der Waals surface area contributed by atoms with Crippen molar-refractivity contribution in [2.24, 2.45) is 0 Å². The van der Waals surface area contributed by atoms with Crippen LogP contribution in [-0.4, -0.2) is 47.9 Å². The molecule has 0 aliphatic heterocycles. The number of anilines is 1. The minimum atomic E-state index is -3.51. The number of nitrogens with one attached hydrogen (secondary N) is 1. The zero-order valence-corrected chi connectivity index (χ0v) is 18.6. The van der Waals surface area contributed by atoms with Gasteiger partial charge in [-0.05, 0) is 55.5 Å². The van der Waals surface area contributed by atoms with Gasteiger partial charge in [-0.15, -0.1) is 0 Å². The van der Waals surface area contributed by atoms with E-state index in [-0.39, 0.29) is 16.5 Å². The van der Waals surface area contributed by atoms with Crippen molar-refractivity contribution in [3.63, 3.8) is 0 Å². The molecule has 3 rings (SSSR count). The van der Waals surface area contributed by atoms with Gasteiger partial charge >= 0.3 is 0 Å². The summed E-state index contributed by atoms with van der Waals surface area (Å²) in [6.07, 6.45) is 3.11. The number of amides is 1. The van der Waals surface area contributed by atoms with Crippen LogP contribution in [0.15, 0.2) is 66.0 Å². The topological polar surface area (TPSA) is 93.5 Å². The first kappa shape index (κ1) is 22.5. The highest BCUT2D eigenvalue weighted by molar-refractivity contribution is 7.89. The molecule has 1 amide bonds. The van der Waals surface area contributed by atoms with Gasteiger partial charge in [-0.3, -0.25) is 4.79 Å². The van der Waals surface area contributed by atoms with E-state index in [0.29, 0.717) is 31.1 Å². The van der Waals surface area contributed by atoms with E-state index in [1.165, 1.54) is 10.6 Å². The Labute approximate surface area is 182 Å². The Morgan fingerprint density at radius 3 is 2.26 bits per heavy atom. The molecule has 0 radical (unpaired) electrons. The van der Waals surface area contributed by atoms with Gasteiger partial charge in [-0.25, -0.2) is 13.4 Å². The summed E-state index contributed by atoms with van der Waals surface area (Å²) < 4.78 is 33.7. The smallest absolute Gasteiger partial charge is 0.275 e. The number of imidazole rings is 1. The largest absolute Gasteiger partial charge is 0.494 e. The maximum atomic E-state index is 12.6. The summed E-state index contributed by atoms with van der Waals surface area (Å²) in [6, 6.07) is 13.6. The second-order valence-corrected chi connectivity index (χ2v) is 8.60. The highest BCUT2D eigenvalue weighted by Crippen LogP contribution is 2.19. The number of nitrogens with zero attached hydrogens (tertiary/aromatic N) is 3. The van der Waals surface area contributed by atoms with Gasteiger partial charge in [-0.1, -0.05) is 13.8 Å². The van der Waals surface area contributed by atoms with Gasteiger partial charge in [0.15, 0.2) is 0 Å². The van der Waals surface area contributed by atoms with Crippen molar-refractivity contribution in [2.75, 3.05) is 25.0 Å². The van der Waals surface area contributed by atoms with E-state index in [1.807, 2.05) is 6.92 Å². The summed E-state index contributed by atoms with van der Waals surface area (Å²) >= 11 is 0. The van der Waals surface area contributed by atoms with E-state index in [2.05, 4.69) is 10.3 Å². The van der Waals surface area contributed by atoms with Crippen LogP contribution in [0.1, 0.15) is 31.3 Å². The molecule has 0 saturated carbocycles. The Bertz CT molecular complexity index is 1120. The lowest BCUT2D eigenvalue weighted by Crippen LogP contribution is -2.30. The average molecular weight is 443 g/mol. The van der Waals surface area contributed by atoms with Crippen LogP contribution in [0.5, 0.6) is 5.75 Å². The van der Waals surface area contributed by atoms with Crippen molar-refractivity contribution < 1.29 is 17.9 Å². The molecule has 0 bridgehead atoms. The molecule has 8 nitrogen and oxygen atoms in total. The van der Waals surface area contributed by atoms with Crippen molar-refractivity contribution in [3.8, 4) is 11.4 Å². The molecule has 0 unspecified atom stereocenters. The van der Waals surface area contributed by atoms with E-state index < -0.39 is 10.0 Å². The van der Waals surface area contributed by atoms with Gasteiger partial charge in [0.1, 0.15) is 17.8 Å². The second-order valence-electron chi connectivity index (χ2n) is 6.66. The predicted molar refractivity (Wildman–Crippen MR) is 119 cm³/mol. The van der Waals surface area contributed by atoms with Crippen molar-refractivity contribution in [1.29, 1.82) is 0 Å². The van der Waals surface area contributed by atoms with Crippen molar-refractivity contribution in [3.05, 3.63) is 66.7 Å². The molecule has 0 aliphatic carbocycles. The number of carbonyl (C=O) groups excluding carboxylic acids is 1. The second kappa shape index (κ2) is 9.76. The molecule has 0 atom stereocenters. The van der Waals surface area contributed by atoms with Crippen LogP contribution in [0, 0.1) is 0 Å². The number of rotatable bonds is 9. The van der Waals surface area contributed by atoms with Gasteiger partial charge in [0.25, 0.3) is 5.91 Å². The Balaban J connectivity index is 1.72. The molecule has 164 valence electrons. The Morgan fingerprint density at radius 2 is 1.68 bits per heavy atom. The van der Waals surface area contributed by atoms with E-state index >= 15 is 0 Å². The number of hydrogen-bond donors (Lipinski definition) is 1. The van der Waals surface area contributed by atoms with Gasteiger partial charge in [0.05, 0.1) is 11.5 Å². The first-order chi connectivity index (χ1) is 14.9. The maximum absolute atomic E-state index is 12.6. The SMILES string of the molecule is CCOc1ccc(NC(=O)c2cn(-c3ccc(S(=O)(=O)N(CC)CC)cc3)cn2)cc1. The fourth-order valence-electron chi connectivity index (χ4n) is 3.08. The van der Waals surface area contributed by atoms with Gasteiger partial charge in [0.2, 0.25) is 10.0 Å². The highest BCUT2D eigenvalue weighted by Gasteiger charge is 2.21. The van der Waals surface area contributed by atoms with Crippen LogP contribution in [0.3, 0.4) is 0 Å². The molecular formula is C22H26N4O4S. The monoisotopic (exact) mass is 442 g/mol. The number of aromatic nitrogens is 2. The first-order valence-corrected chi connectivity index (χ1v) is 11.5. The highest BCUT2D eigenvalue weighted by atomic mass is 32.2. The number of carbonyl (C=O) groups is 1. The molecule has 1 N–H and O–H groups in total. The Hall–Kier alpha value is -3.17. The maximum Gasteiger partial charge on any atom is 0.275 e. The molecule has 0 fully saturated rings. The zero-order valence-electron chi connectivity index (χ0n) is 17.8. The fourth-order valence-corrected chi connectivity index (χ4v) is 4.54. The van der Waals surface area contributed by atoms with Crippen LogP contribution in [0.25, 0.3) is 5.69 Å². The lowest BCUT2D eigenvalue weighted by atomic mass is 10.3. The summed E-state index contributed by atoms with van der Waals surface area (Å²) in [5.41, 5.74) is 1.58.